The summed E-state index contributed by atoms with van der Waals surface area (Å²) in [5, 5.41) is 21.1. The SMILES string of the molecule is CC.CC.CC.CC.[2H]C.[2H]C.[2H]C.[2H]C.[2H]C.[2H][2H].[2H][2H].[2H][2H].[2H][2H].[2H][2H].[2H][2H].[2H][2H].[2H]c1c([2H])c2c([2H])c([2H])c3c(-c4cccc5c4oc4ccccc45)c([2H])c([2H])c4c([2H])c([2H])c(c1-c1ccc(-c5cccc6ccccc56)cc1C)c2c43.[2H]c1c([2H])c2c([2H])c([2H])c3c(-c4cccc5c4oc4ccccc45)c([2H])c([2H])c4c([2H])c([2H])c(c1-c1cccc5c1oc1ccccc15)c2c43.c1ccc2c(c1)oc1c(-c3ccc4ccc5c(-c6cccc7c6oc6ccccc67)ccc6ccc3c4c65)cccc12. The molecule has 0 radical (unpaired) electrons. The van der Waals surface area contributed by atoms with Gasteiger partial charge in [0.2, 0.25) is 0 Å². The van der Waals surface area contributed by atoms with Crippen molar-refractivity contribution in [2.45, 2.75) is 99.3 Å². The molecule has 25 aromatic carbocycles. The van der Waals surface area contributed by atoms with Crippen molar-refractivity contribution in [2.24, 2.45) is 0 Å². The Balaban J connectivity index is 0.000000209. The monoisotopic (exact) mass is 1900 g/mol. The number of benzene rings is 25. The van der Waals surface area contributed by atoms with E-state index < -0.39 is 0 Å². The molecular weight excluding hydrogens is 1740 g/mol. The Morgan fingerprint density at radius 1 is 0.175 bits per heavy atom. The van der Waals surface area contributed by atoms with E-state index >= 15 is 0 Å². The number of fused-ring (bicyclic) bond motifs is 16. The molecule has 0 aliphatic rings. The zero-order chi connectivity index (χ0) is 131. The second-order valence-electron chi connectivity index (χ2n) is 33.6. The van der Waals surface area contributed by atoms with E-state index in [0.29, 0.717) is 55.8 Å². The highest BCUT2D eigenvalue weighted by Gasteiger charge is 2.26. The molecule has 0 unspecified atom stereocenters. The number of furan rings is 5. The number of para-hydroxylation sites is 10. The average molecular weight is 1900 g/mol. The van der Waals surface area contributed by atoms with E-state index in [4.69, 9.17) is 49.7 Å². The fraction of sp³-hybridized carbons (Fsp3) is 0.101. The van der Waals surface area contributed by atoms with Crippen LogP contribution in [0.4, 0.5) is 0 Å². The standard InChI is InChI=1S/C45H28O.2C40H22O2.4C2H6.5CH4.7H2/c1-27-26-31(34-12-6-9-28-8-2-3-10-33(28)34)20-21-32(27)35-22-16-29-19-25-39-36(23-17-30-18-24-38(35)43(29)44(30)39)40-13-7-14-41-37-11-4-5-15-42(37)46-45(40)41;2*1-3-13-35-27(7-1)33-11-5-9-31(39(33)41-35)25-19-15-23-18-22-30-26(20-16-24-17-21-29(25)37(23)38(24)30)32-10-6-12-34-28-8-2-4-14-36(28)42-40(32)34;4*1-2;;;;;;;;;;;;/h2-26H,1H3;2*1-22H;4*1-2H3;5*1H4;7*1H/i16D,17D,18D,19D,22D,23D,24D,25D;15D,16D,17D,18D,19D,20D,21D,22D;;;;;;5*1D;7*1+1D. The molecule has 143 heavy (non-hydrogen) atoms. The third kappa shape index (κ3) is 15.1. The van der Waals surface area contributed by atoms with Crippen LogP contribution in [0.15, 0.2) is 440 Å². The largest absolute Gasteiger partial charge is 0.455 e. The molecule has 5 aromatic heterocycles. The summed E-state index contributed by atoms with van der Waals surface area (Å²) < 4.78 is 280. The van der Waals surface area contributed by atoms with Crippen molar-refractivity contribution >= 4 is 217 Å². The Hall–Kier alpha value is -17.1. The zero-order valence-corrected chi connectivity index (χ0v) is 82.1. The summed E-state index contributed by atoms with van der Waals surface area (Å²) in [6.45, 7) is 17.9. The normalized spacial score (nSPS) is 13.5. The van der Waals surface area contributed by atoms with Crippen LogP contribution in [-0.4, -0.2) is 0 Å². The Bertz CT molecular complexity index is 10700. The lowest BCUT2D eigenvalue weighted by molar-refractivity contribution is 0.669. The lowest BCUT2D eigenvalue weighted by Gasteiger charge is -2.18. The van der Waals surface area contributed by atoms with Gasteiger partial charge in [0, 0.05) is 109 Å². The predicted molar refractivity (Wildman–Crippen MR) is 641 cm³/mol. The number of aryl methyl sites for hydroxylation is 1. The van der Waals surface area contributed by atoms with Crippen LogP contribution in [0, 0.1) is 6.92 Å². The van der Waals surface area contributed by atoms with Gasteiger partial charge in [0.05, 0.1) is 21.9 Å². The molecule has 0 spiro atoms. The minimum atomic E-state index is -0.330. The van der Waals surface area contributed by atoms with Gasteiger partial charge in [0.1, 0.15) is 55.8 Å². The van der Waals surface area contributed by atoms with E-state index in [1.165, 1.54) is 80.5 Å². The smallest absolute Gasteiger partial charge is 0.143 e. The first kappa shape index (κ1) is 66.4. The highest BCUT2D eigenvalue weighted by atomic mass is 16.3. The van der Waals surface area contributed by atoms with E-state index in [-0.39, 0.29) is 184 Å². The molecule has 0 aliphatic heterocycles. The molecule has 0 saturated heterocycles. The first-order valence-electron chi connectivity index (χ1n) is 67.4. The number of hydrogen-bond donors (Lipinski definition) is 0. The van der Waals surface area contributed by atoms with Crippen LogP contribution in [0.2, 0.25) is 0 Å². The minimum absolute atomic E-state index is 0.00782. The lowest BCUT2D eigenvalue weighted by Crippen LogP contribution is -1.91. The van der Waals surface area contributed by atoms with E-state index in [2.05, 4.69) is 133 Å². The van der Waals surface area contributed by atoms with Crippen molar-refractivity contribution in [3.8, 4) is 77.9 Å². The van der Waals surface area contributed by atoms with Crippen molar-refractivity contribution in [1.29, 1.82) is 0 Å². The Morgan fingerprint density at radius 2 is 0.406 bits per heavy atom. The van der Waals surface area contributed by atoms with Gasteiger partial charge >= 0.3 is 0 Å². The number of rotatable bonds is 7. The highest BCUT2D eigenvalue weighted by Crippen LogP contribution is 2.52. The summed E-state index contributed by atoms with van der Waals surface area (Å²) in [7, 11) is 6.25. The van der Waals surface area contributed by atoms with Crippen molar-refractivity contribution in [2.75, 3.05) is 0 Å². The fourth-order valence-electron chi connectivity index (χ4n) is 20.8. The maximum atomic E-state index is 9.41. The Morgan fingerprint density at radius 3 is 0.720 bits per heavy atom. The third-order valence-corrected chi connectivity index (χ3v) is 26.7. The van der Waals surface area contributed by atoms with Gasteiger partial charge in [-0.1, -0.05) is 480 Å². The molecule has 5 heteroatoms. The molecular formula is C138H130O5. The molecule has 0 fully saturated rings. The molecule has 0 N–H and O–H groups in total. The van der Waals surface area contributed by atoms with Crippen LogP contribution in [-0.2, 0) is 0 Å². The van der Waals surface area contributed by atoms with Crippen molar-refractivity contribution < 1.29 is 71.7 Å². The second-order valence-corrected chi connectivity index (χ2v) is 33.6. The van der Waals surface area contributed by atoms with Crippen LogP contribution in [0.5, 0.6) is 0 Å². The minimum Gasteiger partial charge on any atom is -0.455 e. The molecule has 0 aliphatic carbocycles. The summed E-state index contributed by atoms with van der Waals surface area (Å²) in [4.78, 5) is 0. The molecule has 30 aromatic rings. The maximum absolute atomic E-state index is 9.41. The van der Waals surface area contributed by atoms with Gasteiger partial charge in [-0.15, -0.1) is 0 Å². The van der Waals surface area contributed by atoms with Gasteiger partial charge in [0.25, 0.3) is 0 Å². The van der Waals surface area contributed by atoms with E-state index in [0.717, 1.165) is 115 Å². The summed E-state index contributed by atoms with van der Waals surface area (Å²) in [6.07, 6.45) is 0. The van der Waals surface area contributed by atoms with Gasteiger partial charge in [-0.3, -0.25) is 0 Å². The van der Waals surface area contributed by atoms with Gasteiger partial charge in [-0.25, -0.2) is 0 Å². The lowest BCUT2D eigenvalue weighted by atomic mass is 9.86. The van der Waals surface area contributed by atoms with Crippen molar-refractivity contribution in [1.82, 2.24) is 0 Å². The highest BCUT2D eigenvalue weighted by molar-refractivity contribution is 6.33. The van der Waals surface area contributed by atoms with E-state index in [9.17, 15) is 21.9 Å². The van der Waals surface area contributed by atoms with Crippen LogP contribution < -0.4 is 0 Å². The molecule has 30 rings (SSSR count). The van der Waals surface area contributed by atoms with E-state index in [1.54, 1.807) is 18.2 Å². The molecule has 5 nitrogen and oxygen atoms in total. The van der Waals surface area contributed by atoms with Crippen LogP contribution in [0.25, 0.3) is 295 Å². The van der Waals surface area contributed by atoms with Gasteiger partial charge in [-0.05, 0) is 201 Å². The predicted octanol–water partition coefficient (Wildman–Crippen LogP) is 45.4. The Labute approximate surface area is 886 Å². The van der Waals surface area contributed by atoms with Crippen molar-refractivity contribution in [3.05, 3.63) is 424 Å². The second kappa shape index (κ2) is 38.9. The van der Waals surface area contributed by atoms with Gasteiger partial charge in [-0.2, -0.15) is 0 Å². The summed E-state index contributed by atoms with van der Waals surface area (Å²) in [5.41, 5.74) is 17.3. The fourth-order valence-corrected chi connectivity index (χ4v) is 20.8. The van der Waals surface area contributed by atoms with E-state index in [1.807, 2.05) is 232 Å². The average Bonchev–Trinajstić information content (AvgIpc) is 1.17. The third-order valence-electron chi connectivity index (χ3n) is 26.7. The first-order valence-corrected chi connectivity index (χ1v) is 47.4. The molecule has 0 bridgehead atoms. The summed E-state index contributed by atoms with van der Waals surface area (Å²) in [6, 6.07) is 103. The summed E-state index contributed by atoms with van der Waals surface area (Å²) >= 11 is 0. The van der Waals surface area contributed by atoms with Crippen LogP contribution in [0.3, 0.4) is 0 Å². The zero-order valence-electron chi connectivity index (χ0n) is 117. The number of hydrogen-bond acceptors (Lipinski definition) is 5. The van der Waals surface area contributed by atoms with Crippen molar-refractivity contribution in [3.63, 3.8) is 0 Å². The molecule has 0 saturated carbocycles. The quantitative estimate of drug-likeness (QED) is 0.149. The van der Waals surface area contributed by atoms with Crippen LogP contribution >= 0.6 is 0 Å². The summed E-state index contributed by atoms with van der Waals surface area (Å²) in [5.74, 6) is 0. The molecule has 0 amide bonds. The topological polar surface area (TPSA) is 65.7 Å². The van der Waals surface area contributed by atoms with Crippen LogP contribution in [0.1, 0.15) is 148 Å². The first-order chi connectivity index (χ1) is 87.1. The molecule has 712 valence electrons. The van der Waals surface area contributed by atoms with Gasteiger partial charge < -0.3 is 22.1 Å². The maximum Gasteiger partial charge on any atom is 0.143 e. The molecule has 0 atom stereocenters. The van der Waals surface area contributed by atoms with Gasteiger partial charge in [0.15, 0.2) is 0 Å². The Kier molecular flexibility index (Phi) is 18.1. The molecule has 5 heterocycles.